The van der Waals surface area contributed by atoms with Crippen LogP contribution in [-0.4, -0.2) is 24.1 Å². The maximum absolute atomic E-state index is 12.8. The number of ether oxygens (including phenoxy) is 1. The Morgan fingerprint density at radius 3 is 2.78 bits per heavy atom. The van der Waals surface area contributed by atoms with Crippen LogP contribution in [0.1, 0.15) is 71.1 Å². The van der Waals surface area contributed by atoms with Crippen LogP contribution >= 0.6 is 11.9 Å². The van der Waals surface area contributed by atoms with Crippen LogP contribution in [0.15, 0.2) is 11.6 Å². The van der Waals surface area contributed by atoms with Crippen molar-refractivity contribution < 1.29 is 22.7 Å². The van der Waals surface area contributed by atoms with Gasteiger partial charge in [0.05, 0.1) is 12.0 Å². The van der Waals surface area contributed by atoms with Gasteiger partial charge in [-0.3, -0.25) is 9.52 Å². The zero-order chi connectivity index (χ0) is 19.5. The lowest BCUT2D eigenvalue weighted by molar-refractivity contribution is -0.159. The summed E-state index contributed by atoms with van der Waals surface area (Å²) < 4.78 is 45.0. The number of esters is 1. The molecule has 0 aliphatic heterocycles. The van der Waals surface area contributed by atoms with Gasteiger partial charge < -0.3 is 4.74 Å². The van der Waals surface area contributed by atoms with E-state index in [0.29, 0.717) is 18.4 Å². The minimum absolute atomic E-state index is 0.0309. The van der Waals surface area contributed by atoms with E-state index in [2.05, 4.69) is 17.7 Å². The summed E-state index contributed by atoms with van der Waals surface area (Å²) in [5.41, 5.74) is -3.12. The van der Waals surface area contributed by atoms with E-state index in [-0.39, 0.29) is 29.4 Å². The normalized spacial score (nSPS) is 34.1. The summed E-state index contributed by atoms with van der Waals surface area (Å²) in [6, 6.07) is -0.0783. The molecule has 3 aliphatic rings. The molecule has 0 spiro atoms. The summed E-state index contributed by atoms with van der Waals surface area (Å²) in [5, 5.41) is 0. The first-order valence-electron chi connectivity index (χ1n) is 10.1. The van der Waals surface area contributed by atoms with Crippen LogP contribution in [0.3, 0.4) is 0 Å². The second-order valence-corrected chi connectivity index (χ2v) is 9.53. The van der Waals surface area contributed by atoms with E-state index in [4.69, 9.17) is 4.74 Å². The van der Waals surface area contributed by atoms with E-state index in [1.54, 1.807) is 0 Å². The predicted molar refractivity (Wildman–Crippen MR) is 101 cm³/mol. The maximum Gasteiger partial charge on any atom is 0.456 e. The molecule has 0 aromatic rings. The highest BCUT2D eigenvalue weighted by Crippen LogP contribution is 2.48. The molecule has 2 unspecified atom stereocenters. The number of fused-ring (bicyclic) bond motifs is 2. The SMILES string of the molecule is CC1C=C2CCCC(C(=O)OCCC3CCC(NSC(F)(F)F)CC3)(C2)C1. The van der Waals surface area contributed by atoms with Crippen molar-refractivity contribution >= 4 is 17.9 Å². The van der Waals surface area contributed by atoms with Gasteiger partial charge in [0.2, 0.25) is 0 Å². The quantitative estimate of drug-likeness (QED) is 0.346. The van der Waals surface area contributed by atoms with Gasteiger partial charge in [0.1, 0.15) is 0 Å². The van der Waals surface area contributed by atoms with E-state index >= 15 is 0 Å². The lowest BCUT2D eigenvalue weighted by Crippen LogP contribution is -2.39. The fraction of sp³-hybridized carbons (Fsp3) is 0.850. The monoisotopic (exact) mass is 405 g/mol. The second-order valence-electron chi connectivity index (χ2n) is 8.62. The largest absolute Gasteiger partial charge is 0.465 e. The molecular formula is C20H30F3NO2S. The molecule has 154 valence electrons. The third-order valence-electron chi connectivity index (χ3n) is 6.33. The predicted octanol–water partition coefficient (Wildman–Crippen LogP) is 5.76. The lowest BCUT2D eigenvalue weighted by atomic mass is 9.64. The van der Waals surface area contributed by atoms with Crippen LogP contribution in [0.25, 0.3) is 0 Å². The first-order valence-corrected chi connectivity index (χ1v) is 10.9. The zero-order valence-electron chi connectivity index (χ0n) is 15.9. The van der Waals surface area contributed by atoms with E-state index in [1.807, 2.05) is 0 Å². The molecule has 0 aromatic heterocycles. The Bertz CT molecular complexity index is 558. The molecule has 0 saturated heterocycles. The number of allylic oxidation sites excluding steroid dienone is 2. The zero-order valence-corrected chi connectivity index (χ0v) is 16.8. The molecule has 3 rings (SSSR count). The third kappa shape index (κ3) is 5.89. The fourth-order valence-corrected chi connectivity index (χ4v) is 5.64. The van der Waals surface area contributed by atoms with E-state index in [0.717, 1.165) is 64.2 Å². The Morgan fingerprint density at radius 2 is 2.07 bits per heavy atom. The van der Waals surface area contributed by atoms with E-state index in [9.17, 15) is 18.0 Å². The number of rotatable bonds is 6. The van der Waals surface area contributed by atoms with Gasteiger partial charge in [0.25, 0.3) is 0 Å². The van der Waals surface area contributed by atoms with Crippen molar-refractivity contribution in [2.45, 2.75) is 82.7 Å². The molecule has 0 aromatic carbocycles. The van der Waals surface area contributed by atoms with Crippen LogP contribution < -0.4 is 4.72 Å². The number of hydrogen-bond donors (Lipinski definition) is 1. The second kappa shape index (κ2) is 8.76. The summed E-state index contributed by atoms with van der Waals surface area (Å²) >= 11 is -0.137. The van der Waals surface area contributed by atoms with Gasteiger partial charge in [0, 0.05) is 18.0 Å². The smallest absolute Gasteiger partial charge is 0.456 e. The van der Waals surface area contributed by atoms with Crippen LogP contribution in [0.5, 0.6) is 0 Å². The van der Waals surface area contributed by atoms with E-state index in [1.165, 1.54) is 5.57 Å². The summed E-state index contributed by atoms with van der Waals surface area (Å²) in [4.78, 5) is 12.8. The van der Waals surface area contributed by atoms with Crippen LogP contribution in [0.4, 0.5) is 13.2 Å². The van der Waals surface area contributed by atoms with Gasteiger partial charge in [-0.25, -0.2) is 0 Å². The topological polar surface area (TPSA) is 38.3 Å². The third-order valence-corrected chi connectivity index (χ3v) is 7.01. The van der Waals surface area contributed by atoms with Crippen LogP contribution in [0.2, 0.25) is 0 Å². The van der Waals surface area contributed by atoms with Gasteiger partial charge >= 0.3 is 11.5 Å². The molecule has 3 aliphatic carbocycles. The van der Waals surface area contributed by atoms with Gasteiger partial charge in [-0.2, -0.15) is 13.2 Å². The molecule has 2 bridgehead atoms. The van der Waals surface area contributed by atoms with E-state index < -0.39 is 5.51 Å². The minimum atomic E-state index is -4.23. The Kier molecular flexibility index (Phi) is 6.83. The fourth-order valence-electron chi connectivity index (χ4n) is 5.11. The van der Waals surface area contributed by atoms with Crippen molar-refractivity contribution in [1.29, 1.82) is 0 Å². The number of hydrogen-bond acceptors (Lipinski definition) is 4. The molecule has 0 amide bonds. The Labute approximate surface area is 164 Å². The summed E-state index contributed by atoms with van der Waals surface area (Å²) in [7, 11) is 0. The number of carbonyl (C=O) groups excluding carboxylic acids is 1. The van der Waals surface area contributed by atoms with Gasteiger partial charge in [-0.15, -0.1) is 0 Å². The lowest BCUT2D eigenvalue weighted by Gasteiger charge is -2.41. The Hall–Kier alpha value is -0.690. The average molecular weight is 406 g/mol. The highest BCUT2D eigenvalue weighted by Gasteiger charge is 2.45. The first-order chi connectivity index (χ1) is 12.8. The minimum Gasteiger partial charge on any atom is -0.465 e. The molecule has 2 saturated carbocycles. The van der Waals surface area contributed by atoms with Gasteiger partial charge in [-0.1, -0.05) is 18.6 Å². The molecule has 0 heterocycles. The molecule has 27 heavy (non-hydrogen) atoms. The Morgan fingerprint density at radius 1 is 1.33 bits per heavy atom. The van der Waals surface area contributed by atoms with Crippen molar-refractivity contribution in [2.24, 2.45) is 17.3 Å². The average Bonchev–Trinajstić information content (AvgIpc) is 2.60. The molecule has 2 atom stereocenters. The highest BCUT2D eigenvalue weighted by atomic mass is 32.2. The molecule has 3 nitrogen and oxygen atoms in total. The number of halogens is 3. The van der Waals surface area contributed by atoms with Crippen molar-refractivity contribution in [1.82, 2.24) is 4.72 Å². The summed E-state index contributed by atoms with van der Waals surface area (Å²) in [5.74, 6) is 0.854. The molecule has 7 heteroatoms. The van der Waals surface area contributed by atoms with Gasteiger partial charge in [-0.05, 0) is 76.0 Å². The standard InChI is InChI=1S/C20H30F3NO2S/c1-14-11-16-3-2-9-19(12-14,13-16)18(25)26-10-8-15-4-6-17(7-5-15)24-27-20(21,22)23/h11,14-15,17,24H,2-10,12-13H2,1H3. The Balaban J connectivity index is 1.37. The number of nitrogens with one attached hydrogen (secondary N) is 1. The van der Waals surface area contributed by atoms with Crippen molar-refractivity contribution in [3.05, 3.63) is 11.6 Å². The molecule has 0 radical (unpaired) electrons. The summed E-state index contributed by atoms with van der Waals surface area (Å²) in [6.07, 6.45) is 11.3. The maximum atomic E-state index is 12.8. The molecule has 1 N–H and O–H groups in total. The number of alkyl halides is 3. The number of carbonyl (C=O) groups is 1. The molecule has 2 fully saturated rings. The van der Waals surface area contributed by atoms with Crippen LogP contribution in [-0.2, 0) is 9.53 Å². The van der Waals surface area contributed by atoms with Crippen molar-refractivity contribution in [3.63, 3.8) is 0 Å². The highest BCUT2D eigenvalue weighted by molar-refractivity contribution is 7.98. The van der Waals surface area contributed by atoms with Gasteiger partial charge in [0.15, 0.2) is 0 Å². The summed E-state index contributed by atoms with van der Waals surface area (Å²) in [6.45, 7) is 2.62. The van der Waals surface area contributed by atoms with Crippen molar-refractivity contribution in [3.8, 4) is 0 Å². The van der Waals surface area contributed by atoms with Crippen molar-refractivity contribution in [2.75, 3.05) is 6.61 Å². The first kappa shape index (κ1) is 21.0. The van der Waals surface area contributed by atoms with Crippen LogP contribution in [0, 0.1) is 17.3 Å². The molecular weight excluding hydrogens is 375 g/mol.